The minimum Gasteiger partial charge on any atom is -0.478 e. The first-order chi connectivity index (χ1) is 9.30. The lowest BCUT2D eigenvalue weighted by molar-refractivity contribution is 0.0696. The molecule has 0 amide bonds. The molecule has 1 aromatic carbocycles. The highest BCUT2D eigenvalue weighted by Crippen LogP contribution is 2.25. The largest absolute Gasteiger partial charge is 0.478 e. The Hall–Kier alpha value is -1.60. The molecular weight excluding hydrogens is 280 g/mol. The number of carbonyl (C=O) groups is 1. The summed E-state index contributed by atoms with van der Waals surface area (Å²) in [6, 6.07) is 4.08. The van der Waals surface area contributed by atoms with Crippen molar-refractivity contribution in [1.29, 1.82) is 0 Å². The van der Waals surface area contributed by atoms with E-state index in [0.717, 1.165) is 17.1 Å². The van der Waals surface area contributed by atoms with Gasteiger partial charge in [0, 0.05) is 20.6 Å². The molecule has 0 spiro atoms. The summed E-state index contributed by atoms with van der Waals surface area (Å²) < 4.78 is 25.6. The van der Waals surface area contributed by atoms with Crippen molar-refractivity contribution in [3.8, 4) is 0 Å². The van der Waals surface area contributed by atoms with E-state index in [4.69, 9.17) is 5.11 Å². The predicted molar refractivity (Wildman–Crippen MR) is 77.7 cm³/mol. The second-order valence-electron chi connectivity index (χ2n) is 4.58. The van der Waals surface area contributed by atoms with E-state index in [1.165, 1.54) is 32.3 Å². The molecule has 112 valence electrons. The summed E-state index contributed by atoms with van der Waals surface area (Å²) in [5, 5.41) is 12.0. The summed E-state index contributed by atoms with van der Waals surface area (Å²) >= 11 is 0. The van der Waals surface area contributed by atoms with Crippen molar-refractivity contribution in [2.75, 3.05) is 26.0 Å². The third-order valence-electron chi connectivity index (χ3n) is 2.83. The van der Waals surface area contributed by atoms with Crippen LogP contribution in [0.2, 0.25) is 0 Å². The number of sulfonamides is 1. The van der Waals surface area contributed by atoms with Crippen LogP contribution >= 0.6 is 0 Å². The molecule has 2 N–H and O–H groups in total. The van der Waals surface area contributed by atoms with Crippen LogP contribution in [0.1, 0.15) is 30.1 Å². The molecule has 1 rings (SSSR count). The van der Waals surface area contributed by atoms with E-state index in [2.05, 4.69) is 5.32 Å². The SMILES string of the molecule is CCCCNc1ccc(C(=O)O)cc1S(=O)(=O)N(C)C. The van der Waals surface area contributed by atoms with Crippen LogP contribution in [0, 0.1) is 0 Å². The molecule has 0 saturated heterocycles. The van der Waals surface area contributed by atoms with Crippen LogP contribution < -0.4 is 5.32 Å². The second-order valence-corrected chi connectivity index (χ2v) is 6.70. The fourth-order valence-corrected chi connectivity index (χ4v) is 2.70. The molecule has 0 aliphatic carbocycles. The molecular formula is C13H20N2O4S. The van der Waals surface area contributed by atoms with Crippen LogP contribution in [0.4, 0.5) is 5.69 Å². The molecule has 1 aromatic rings. The number of benzene rings is 1. The van der Waals surface area contributed by atoms with E-state index < -0.39 is 16.0 Å². The number of carboxylic acids is 1. The van der Waals surface area contributed by atoms with Gasteiger partial charge < -0.3 is 10.4 Å². The second kappa shape index (κ2) is 6.71. The summed E-state index contributed by atoms with van der Waals surface area (Å²) in [4.78, 5) is 11.0. The van der Waals surface area contributed by atoms with Gasteiger partial charge in [-0.25, -0.2) is 17.5 Å². The van der Waals surface area contributed by atoms with Crippen molar-refractivity contribution in [3.05, 3.63) is 23.8 Å². The van der Waals surface area contributed by atoms with Gasteiger partial charge in [-0.15, -0.1) is 0 Å². The lowest BCUT2D eigenvalue weighted by Crippen LogP contribution is -2.24. The fourth-order valence-electron chi connectivity index (χ4n) is 1.61. The van der Waals surface area contributed by atoms with Crippen molar-refractivity contribution >= 4 is 21.7 Å². The van der Waals surface area contributed by atoms with Crippen LogP contribution in [-0.2, 0) is 10.0 Å². The number of rotatable bonds is 7. The Bertz CT molecular complexity index is 582. The van der Waals surface area contributed by atoms with Gasteiger partial charge in [0.25, 0.3) is 0 Å². The quantitative estimate of drug-likeness (QED) is 0.750. The number of aromatic carboxylic acids is 1. The Balaban J connectivity index is 3.27. The number of hydrogen-bond donors (Lipinski definition) is 2. The Morgan fingerprint density at radius 3 is 2.50 bits per heavy atom. The van der Waals surface area contributed by atoms with Crippen molar-refractivity contribution < 1.29 is 18.3 Å². The number of nitrogens with one attached hydrogen (secondary N) is 1. The van der Waals surface area contributed by atoms with Gasteiger partial charge in [0.1, 0.15) is 4.90 Å². The van der Waals surface area contributed by atoms with Crippen LogP contribution in [0.25, 0.3) is 0 Å². The molecule has 6 nitrogen and oxygen atoms in total. The average Bonchev–Trinajstić information content (AvgIpc) is 2.38. The van der Waals surface area contributed by atoms with Gasteiger partial charge in [0.05, 0.1) is 11.3 Å². The zero-order valence-electron chi connectivity index (χ0n) is 11.9. The Labute approximate surface area is 119 Å². The van der Waals surface area contributed by atoms with Crippen molar-refractivity contribution in [2.24, 2.45) is 0 Å². The Kier molecular flexibility index (Phi) is 5.52. The summed E-state index contributed by atoms with van der Waals surface area (Å²) in [6.07, 6.45) is 1.89. The number of nitrogens with zero attached hydrogens (tertiary/aromatic N) is 1. The van der Waals surface area contributed by atoms with Gasteiger partial charge >= 0.3 is 5.97 Å². The third kappa shape index (κ3) is 3.71. The van der Waals surface area contributed by atoms with Crippen LogP contribution in [0.3, 0.4) is 0 Å². The molecule has 20 heavy (non-hydrogen) atoms. The van der Waals surface area contributed by atoms with Gasteiger partial charge in [-0.2, -0.15) is 0 Å². The molecule has 0 aliphatic heterocycles. The topological polar surface area (TPSA) is 86.7 Å². The zero-order valence-corrected chi connectivity index (χ0v) is 12.7. The van der Waals surface area contributed by atoms with E-state index in [9.17, 15) is 13.2 Å². The van der Waals surface area contributed by atoms with Gasteiger partial charge in [0.15, 0.2) is 0 Å². The lowest BCUT2D eigenvalue weighted by Gasteiger charge is -2.16. The molecule has 0 heterocycles. The monoisotopic (exact) mass is 300 g/mol. The first-order valence-electron chi connectivity index (χ1n) is 6.34. The molecule has 0 unspecified atom stereocenters. The maximum absolute atomic E-state index is 12.3. The van der Waals surface area contributed by atoms with Crippen LogP contribution in [-0.4, -0.2) is 44.4 Å². The molecule has 0 bridgehead atoms. The molecule has 0 atom stereocenters. The highest BCUT2D eigenvalue weighted by atomic mass is 32.2. The molecule has 7 heteroatoms. The normalized spacial score (nSPS) is 11.6. The Morgan fingerprint density at radius 2 is 2.00 bits per heavy atom. The van der Waals surface area contributed by atoms with Crippen molar-refractivity contribution in [1.82, 2.24) is 4.31 Å². The molecule has 0 aliphatic rings. The van der Waals surface area contributed by atoms with E-state index in [1.54, 1.807) is 0 Å². The Morgan fingerprint density at radius 1 is 1.35 bits per heavy atom. The maximum atomic E-state index is 12.3. The van der Waals surface area contributed by atoms with E-state index >= 15 is 0 Å². The van der Waals surface area contributed by atoms with Gasteiger partial charge in [-0.1, -0.05) is 13.3 Å². The van der Waals surface area contributed by atoms with Crippen molar-refractivity contribution in [2.45, 2.75) is 24.7 Å². The number of unbranched alkanes of at least 4 members (excludes halogenated alkanes) is 1. The molecule has 0 fully saturated rings. The summed E-state index contributed by atoms with van der Waals surface area (Å²) in [5.41, 5.74) is 0.378. The first-order valence-corrected chi connectivity index (χ1v) is 7.78. The summed E-state index contributed by atoms with van der Waals surface area (Å²) in [6.45, 7) is 2.67. The smallest absolute Gasteiger partial charge is 0.335 e. The van der Waals surface area contributed by atoms with E-state index in [0.29, 0.717) is 12.2 Å². The highest BCUT2D eigenvalue weighted by molar-refractivity contribution is 7.89. The highest BCUT2D eigenvalue weighted by Gasteiger charge is 2.22. The van der Waals surface area contributed by atoms with E-state index in [-0.39, 0.29) is 10.5 Å². The number of carboxylic acid groups (broad SMARTS) is 1. The minimum absolute atomic E-state index is 0.0153. The van der Waals surface area contributed by atoms with Gasteiger partial charge in [-0.3, -0.25) is 0 Å². The lowest BCUT2D eigenvalue weighted by atomic mass is 10.2. The third-order valence-corrected chi connectivity index (χ3v) is 4.69. The van der Waals surface area contributed by atoms with E-state index in [1.807, 2.05) is 6.92 Å². The zero-order chi connectivity index (χ0) is 15.3. The number of anilines is 1. The van der Waals surface area contributed by atoms with Crippen LogP contribution in [0.5, 0.6) is 0 Å². The standard InChI is InChI=1S/C13H20N2O4S/c1-4-5-8-14-11-7-6-10(13(16)17)9-12(11)20(18,19)15(2)3/h6-7,9,14H,4-5,8H2,1-3H3,(H,16,17). The molecule has 0 aromatic heterocycles. The molecule has 0 radical (unpaired) electrons. The maximum Gasteiger partial charge on any atom is 0.335 e. The average molecular weight is 300 g/mol. The van der Waals surface area contributed by atoms with Crippen LogP contribution in [0.15, 0.2) is 23.1 Å². The summed E-state index contributed by atoms with van der Waals surface area (Å²) in [5.74, 6) is -1.15. The van der Waals surface area contributed by atoms with Gasteiger partial charge in [0.2, 0.25) is 10.0 Å². The fraction of sp³-hybridized carbons (Fsp3) is 0.462. The first kappa shape index (κ1) is 16.5. The van der Waals surface area contributed by atoms with Crippen molar-refractivity contribution in [3.63, 3.8) is 0 Å². The molecule has 0 saturated carbocycles. The summed E-state index contributed by atoms with van der Waals surface area (Å²) in [7, 11) is -0.863. The minimum atomic E-state index is -3.69. The predicted octanol–water partition coefficient (Wildman–Crippen LogP) is 1.85. The van der Waals surface area contributed by atoms with Gasteiger partial charge in [-0.05, 0) is 24.6 Å². The number of hydrogen-bond acceptors (Lipinski definition) is 4.